The topological polar surface area (TPSA) is 107 Å². The fraction of sp³-hybridized carbons (Fsp3) is 0.900. The molecule has 4 heterocycles. The van der Waals surface area contributed by atoms with E-state index >= 15 is 0 Å². The third-order valence-corrected chi connectivity index (χ3v) is 8.95. The molecule has 0 aromatic heterocycles. The van der Waals surface area contributed by atoms with E-state index in [0.29, 0.717) is 19.3 Å². The van der Waals surface area contributed by atoms with Gasteiger partial charge in [0.1, 0.15) is 18.3 Å². The molecule has 9 nitrogen and oxygen atoms in total. The van der Waals surface area contributed by atoms with Crippen molar-refractivity contribution in [3.8, 4) is 0 Å². The number of carbonyl (C=O) groups is 3. The lowest BCUT2D eigenvalue weighted by atomic mass is 10.0. The fourth-order valence-electron chi connectivity index (χ4n) is 6.45. The number of ether oxygens (including phenoxy) is 6. The van der Waals surface area contributed by atoms with Crippen LogP contribution in [0.5, 0.6) is 0 Å². The Bertz CT molecular complexity index is 752. The standard InChI is InChI=1S/C30H48O9/c1-16-13-22-7-10-26(37-22)20(5)29(32)35-18(3)15-24-9-12-27(39-24)21(6)30(33)36-17(2)14-23-8-11-25(38-23)19(4)28(31)34-16/h16-27H,7-15H2,1-6H3/t16-,17-,18-,19+,20+,21+,22-,23-,24-,25+,26+,27+/m0/s1. The second kappa shape index (κ2) is 13.3. The lowest BCUT2D eigenvalue weighted by Gasteiger charge is -2.26. The van der Waals surface area contributed by atoms with Crippen LogP contribution in [0.1, 0.15) is 99.3 Å². The van der Waals surface area contributed by atoms with Gasteiger partial charge in [0.05, 0.1) is 54.4 Å². The lowest BCUT2D eigenvalue weighted by molar-refractivity contribution is -0.162. The van der Waals surface area contributed by atoms with E-state index in [-0.39, 0.29) is 90.6 Å². The largest absolute Gasteiger partial charge is 0.462 e. The first kappa shape index (κ1) is 30.3. The van der Waals surface area contributed by atoms with Gasteiger partial charge in [-0.1, -0.05) is 0 Å². The molecule has 6 bridgehead atoms. The van der Waals surface area contributed by atoms with Crippen LogP contribution < -0.4 is 0 Å². The maximum Gasteiger partial charge on any atom is 0.311 e. The summed E-state index contributed by atoms with van der Waals surface area (Å²) in [6.07, 6.45) is 4.78. The first-order valence-corrected chi connectivity index (χ1v) is 15.1. The molecular formula is C30H48O9. The van der Waals surface area contributed by atoms with Gasteiger partial charge in [-0.15, -0.1) is 0 Å². The van der Waals surface area contributed by atoms with Crippen LogP contribution in [-0.2, 0) is 42.8 Å². The molecule has 39 heavy (non-hydrogen) atoms. The summed E-state index contributed by atoms with van der Waals surface area (Å²) in [4.78, 5) is 38.6. The van der Waals surface area contributed by atoms with Crippen molar-refractivity contribution in [2.24, 2.45) is 17.8 Å². The molecule has 4 fully saturated rings. The zero-order valence-corrected chi connectivity index (χ0v) is 24.5. The van der Waals surface area contributed by atoms with Gasteiger partial charge in [-0.05, 0) is 80.1 Å². The second-order valence-electron chi connectivity index (χ2n) is 12.4. The van der Waals surface area contributed by atoms with Crippen molar-refractivity contribution in [3.63, 3.8) is 0 Å². The Kier molecular flexibility index (Phi) is 10.3. The molecule has 0 spiro atoms. The molecule has 4 rings (SSSR count). The molecule has 4 saturated heterocycles. The Balaban J connectivity index is 1.41. The summed E-state index contributed by atoms with van der Waals surface area (Å²) in [7, 11) is 0. The summed E-state index contributed by atoms with van der Waals surface area (Å²) < 4.78 is 35.9. The molecule has 9 heteroatoms. The average molecular weight is 553 g/mol. The number of hydrogen-bond donors (Lipinski definition) is 0. The van der Waals surface area contributed by atoms with Crippen LogP contribution in [0.2, 0.25) is 0 Å². The minimum atomic E-state index is -0.387. The van der Waals surface area contributed by atoms with E-state index in [1.807, 2.05) is 41.5 Å². The van der Waals surface area contributed by atoms with Gasteiger partial charge < -0.3 is 28.4 Å². The van der Waals surface area contributed by atoms with Crippen molar-refractivity contribution in [3.05, 3.63) is 0 Å². The van der Waals surface area contributed by atoms with Gasteiger partial charge in [0.15, 0.2) is 0 Å². The highest BCUT2D eigenvalue weighted by Gasteiger charge is 2.39. The van der Waals surface area contributed by atoms with E-state index in [4.69, 9.17) is 28.4 Å². The predicted molar refractivity (Wildman–Crippen MR) is 142 cm³/mol. The molecule has 0 radical (unpaired) electrons. The first-order valence-electron chi connectivity index (χ1n) is 15.1. The zero-order valence-electron chi connectivity index (χ0n) is 24.5. The maximum atomic E-state index is 12.9. The fourth-order valence-corrected chi connectivity index (χ4v) is 6.45. The van der Waals surface area contributed by atoms with Crippen LogP contribution in [0.25, 0.3) is 0 Å². The number of rotatable bonds is 0. The Morgan fingerprint density at radius 1 is 0.436 bits per heavy atom. The summed E-state index contributed by atoms with van der Waals surface area (Å²) in [5, 5.41) is 0. The quantitative estimate of drug-likeness (QED) is 0.317. The first-order chi connectivity index (χ1) is 18.5. The van der Waals surface area contributed by atoms with Crippen LogP contribution in [0, 0.1) is 17.8 Å². The molecule has 0 amide bonds. The summed E-state index contributed by atoms with van der Waals surface area (Å²) in [5.74, 6) is -1.98. The van der Waals surface area contributed by atoms with Crippen molar-refractivity contribution in [2.75, 3.05) is 0 Å². The molecular weight excluding hydrogens is 504 g/mol. The van der Waals surface area contributed by atoms with Crippen molar-refractivity contribution >= 4 is 17.9 Å². The predicted octanol–water partition coefficient (Wildman–Crippen LogP) is 4.52. The minimum absolute atomic E-state index is 0.0616. The number of fused-ring (bicyclic) bond motifs is 6. The molecule has 0 aliphatic carbocycles. The molecule has 12 atom stereocenters. The van der Waals surface area contributed by atoms with E-state index in [9.17, 15) is 14.4 Å². The van der Waals surface area contributed by atoms with Crippen molar-refractivity contribution in [1.29, 1.82) is 0 Å². The van der Waals surface area contributed by atoms with Gasteiger partial charge in [0.25, 0.3) is 0 Å². The van der Waals surface area contributed by atoms with Gasteiger partial charge in [-0.25, -0.2) is 0 Å². The molecule has 0 saturated carbocycles. The number of hydrogen-bond acceptors (Lipinski definition) is 9. The summed E-state index contributed by atoms with van der Waals surface area (Å²) >= 11 is 0. The normalized spacial score (nSPS) is 45.2. The molecule has 222 valence electrons. The molecule has 0 N–H and O–H groups in total. The molecule has 4 aliphatic rings. The highest BCUT2D eigenvalue weighted by Crippen LogP contribution is 2.33. The SMILES string of the molecule is C[C@H]1C[C@@H]2CC[C@@H](O2)[C@@H](C)C(=O)O[C@@H](C)C[C@@H]2CC[C@@H](O2)[C@@H](C)C(=O)O[C@@H](C)C[C@@H]2CC[C@@H](O2)[C@@H](C)C(=O)O1. The highest BCUT2D eigenvalue weighted by atomic mass is 16.6. The summed E-state index contributed by atoms with van der Waals surface area (Å²) in [5.41, 5.74) is 0. The monoisotopic (exact) mass is 552 g/mol. The van der Waals surface area contributed by atoms with Crippen LogP contribution in [-0.4, -0.2) is 72.8 Å². The smallest absolute Gasteiger partial charge is 0.311 e. The number of esters is 3. The Hall–Kier alpha value is -1.71. The van der Waals surface area contributed by atoms with Gasteiger partial charge in [0, 0.05) is 19.3 Å². The van der Waals surface area contributed by atoms with Crippen molar-refractivity contribution in [2.45, 2.75) is 154 Å². The van der Waals surface area contributed by atoms with Gasteiger partial charge >= 0.3 is 17.9 Å². The van der Waals surface area contributed by atoms with E-state index in [1.54, 1.807) is 0 Å². The molecule has 4 aliphatic heterocycles. The number of cyclic esters (lactones) is 3. The minimum Gasteiger partial charge on any atom is -0.462 e. The highest BCUT2D eigenvalue weighted by molar-refractivity contribution is 5.74. The molecule has 0 unspecified atom stereocenters. The van der Waals surface area contributed by atoms with Crippen LogP contribution in [0.3, 0.4) is 0 Å². The average Bonchev–Trinajstić information content (AvgIpc) is 3.63. The van der Waals surface area contributed by atoms with Crippen LogP contribution in [0.4, 0.5) is 0 Å². The maximum absolute atomic E-state index is 12.9. The van der Waals surface area contributed by atoms with E-state index in [2.05, 4.69) is 0 Å². The Morgan fingerprint density at radius 3 is 0.949 bits per heavy atom. The van der Waals surface area contributed by atoms with Gasteiger partial charge in [-0.3, -0.25) is 14.4 Å². The second-order valence-corrected chi connectivity index (χ2v) is 12.4. The summed E-state index contributed by atoms with van der Waals surface area (Å²) in [6.45, 7) is 11.2. The van der Waals surface area contributed by atoms with Crippen molar-refractivity contribution < 1.29 is 42.8 Å². The third-order valence-electron chi connectivity index (χ3n) is 8.95. The van der Waals surface area contributed by atoms with E-state index in [1.165, 1.54) is 0 Å². The third kappa shape index (κ3) is 7.94. The Labute approximate surface area is 232 Å². The van der Waals surface area contributed by atoms with Crippen LogP contribution in [0.15, 0.2) is 0 Å². The van der Waals surface area contributed by atoms with E-state index in [0.717, 1.165) is 38.5 Å². The van der Waals surface area contributed by atoms with Gasteiger partial charge in [0.2, 0.25) is 0 Å². The lowest BCUT2D eigenvalue weighted by Crippen LogP contribution is -2.34. The van der Waals surface area contributed by atoms with Gasteiger partial charge in [-0.2, -0.15) is 0 Å². The zero-order chi connectivity index (χ0) is 28.3. The number of carbonyl (C=O) groups excluding carboxylic acids is 3. The molecule has 0 aromatic carbocycles. The van der Waals surface area contributed by atoms with Crippen LogP contribution >= 0.6 is 0 Å². The Morgan fingerprint density at radius 2 is 0.692 bits per heavy atom. The molecule has 0 aromatic rings. The van der Waals surface area contributed by atoms with E-state index < -0.39 is 0 Å². The van der Waals surface area contributed by atoms with Crippen molar-refractivity contribution in [1.82, 2.24) is 0 Å². The summed E-state index contributed by atoms with van der Waals surface area (Å²) in [6, 6.07) is 0.